The summed E-state index contributed by atoms with van der Waals surface area (Å²) in [7, 11) is 0. The monoisotopic (exact) mass is 530 g/mol. The van der Waals surface area contributed by atoms with Gasteiger partial charge in [0.1, 0.15) is 24.2 Å². The lowest BCUT2D eigenvalue weighted by Gasteiger charge is -2.21. The highest BCUT2D eigenvalue weighted by Gasteiger charge is 2.35. The number of aromatic nitrogens is 2. The third-order valence-electron chi connectivity index (χ3n) is 6.48. The predicted molar refractivity (Wildman–Crippen MR) is 135 cm³/mol. The van der Waals surface area contributed by atoms with Crippen LogP contribution in [0.15, 0.2) is 42.5 Å². The molecule has 8 nitrogen and oxygen atoms in total. The Bertz CT molecular complexity index is 1340. The van der Waals surface area contributed by atoms with Crippen LogP contribution in [-0.4, -0.2) is 46.8 Å². The lowest BCUT2D eigenvalue weighted by atomic mass is 9.98. The van der Waals surface area contributed by atoms with Gasteiger partial charge in [-0.15, -0.1) is 0 Å². The van der Waals surface area contributed by atoms with Crippen LogP contribution in [0.3, 0.4) is 0 Å². The van der Waals surface area contributed by atoms with Gasteiger partial charge in [0.15, 0.2) is 13.2 Å². The molecule has 38 heavy (non-hydrogen) atoms. The average Bonchev–Trinajstić information content (AvgIpc) is 3.20. The normalized spacial score (nSPS) is 14.8. The van der Waals surface area contributed by atoms with Crippen LogP contribution in [0, 0.1) is 18.7 Å². The number of anilines is 1. The number of benzene rings is 2. The van der Waals surface area contributed by atoms with Crippen molar-refractivity contribution in [3.05, 3.63) is 54.0 Å². The zero-order chi connectivity index (χ0) is 27.6. The topological polar surface area (TPSA) is 108 Å². The molecule has 0 radical (unpaired) electrons. The van der Waals surface area contributed by atoms with Crippen molar-refractivity contribution in [1.82, 2.24) is 9.78 Å². The number of nitrogens with zero attached hydrogens (tertiary/aromatic N) is 2. The van der Waals surface area contributed by atoms with E-state index in [0.29, 0.717) is 45.9 Å². The molecule has 0 bridgehead atoms. The Morgan fingerprint density at radius 1 is 1.24 bits per heavy atom. The van der Waals surface area contributed by atoms with Crippen LogP contribution < -0.4 is 15.8 Å². The molecule has 0 aliphatic carbocycles. The average molecular weight is 531 g/mol. The van der Waals surface area contributed by atoms with Crippen LogP contribution in [0.1, 0.15) is 26.0 Å². The molecular formula is C27H29F3N4O4. The molecule has 4 rings (SSSR count). The first kappa shape index (κ1) is 27.2. The maximum atomic E-state index is 15.1. The Kier molecular flexibility index (Phi) is 7.77. The van der Waals surface area contributed by atoms with Gasteiger partial charge in [0.05, 0.1) is 17.1 Å². The standard InChI is InChI=1S/C27H29F3N4O4/c1-4-15(2)24(31)26(36)38-14-27(29,30)13-34-25(17-5-8-19(28)9-6-17)23(16(3)33-34)18-7-10-21-20(11-18)32-22(35)12-37-21/h5-11,15,24H,4,12-14,31H2,1-3H3,(H,32,35)/t15-,24-/m0/s1. The number of carbonyl (C=O) groups is 2. The molecule has 1 aromatic heterocycles. The minimum absolute atomic E-state index is 0.105. The Balaban J connectivity index is 1.69. The molecular weight excluding hydrogens is 501 g/mol. The third kappa shape index (κ3) is 5.83. The zero-order valence-electron chi connectivity index (χ0n) is 21.3. The molecule has 1 aliphatic heterocycles. The van der Waals surface area contributed by atoms with Crippen LogP contribution >= 0.6 is 0 Å². The zero-order valence-corrected chi connectivity index (χ0v) is 21.3. The molecule has 11 heteroatoms. The number of carbonyl (C=O) groups excluding carboxylic acids is 2. The largest absolute Gasteiger partial charge is 0.482 e. The van der Waals surface area contributed by atoms with Crippen molar-refractivity contribution < 1.29 is 32.2 Å². The summed E-state index contributed by atoms with van der Waals surface area (Å²) in [6.07, 6.45) is 0.599. The van der Waals surface area contributed by atoms with Crippen LogP contribution in [0.2, 0.25) is 0 Å². The van der Waals surface area contributed by atoms with Crippen LogP contribution in [0.25, 0.3) is 22.4 Å². The fourth-order valence-electron chi connectivity index (χ4n) is 4.21. The van der Waals surface area contributed by atoms with Gasteiger partial charge in [-0.3, -0.25) is 14.3 Å². The number of hydrogen-bond donors (Lipinski definition) is 2. The Labute approximate surface area is 217 Å². The second-order valence-corrected chi connectivity index (χ2v) is 9.40. The lowest BCUT2D eigenvalue weighted by molar-refractivity contribution is -0.159. The number of amides is 1. The number of fused-ring (bicyclic) bond motifs is 1. The van der Waals surface area contributed by atoms with Crippen molar-refractivity contribution in [3.8, 4) is 28.1 Å². The predicted octanol–water partition coefficient (Wildman–Crippen LogP) is 4.55. The highest BCUT2D eigenvalue weighted by atomic mass is 19.3. The van der Waals surface area contributed by atoms with E-state index in [9.17, 15) is 14.0 Å². The van der Waals surface area contributed by atoms with E-state index in [4.69, 9.17) is 15.2 Å². The minimum atomic E-state index is -3.48. The first-order valence-corrected chi connectivity index (χ1v) is 12.2. The summed E-state index contributed by atoms with van der Waals surface area (Å²) >= 11 is 0. The quantitative estimate of drug-likeness (QED) is 0.393. The van der Waals surface area contributed by atoms with Gasteiger partial charge >= 0.3 is 11.9 Å². The highest BCUT2D eigenvalue weighted by Crippen LogP contribution is 2.40. The number of aryl methyl sites for hydroxylation is 1. The van der Waals surface area contributed by atoms with E-state index < -0.39 is 36.9 Å². The summed E-state index contributed by atoms with van der Waals surface area (Å²) in [5.41, 5.74) is 8.55. The van der Waals surface area contributed by atoms with Crippen molar-refractivity contribution in [1.29, 1.82) is 0 Å². The Morgan fingerprint density at radius 3 is 2.61 bits per heavy atom. The van der Waals surface area contributed by atoms with Crippen molar-refractivity contribution in [2.75, 3.05) is 18.5 Å². The summed E-state index contributed by atoms with van der Waals surface area (Å²) in [5, 5.41) is 7.09. The maximum absolute atomic E-state index is 15.1. The molecule has 0 saturated heterocycles. The molecule has 0 fully saturated rings. The first-order valence-electron chi connectivity index (χ1n) is 12.2. The number of hydrogen-bond acceptors (Lipinski definition) is 6. The van der Waals surface area contributed by atoms with Gasteiger partial charge in [-0.25, -0.2) is 13.2 Å². The van der Waals surface area contributed by atoms with Crippen molar-refractivity contribution in [3.63, 3.8) is 0 Å². The van der Waals surface area contributed by atoms with Gasteiger partial charge in [-0.2, -0.15) is 5.10 Å². The lowest BCUT2D eigenvalue weighted by Crippen LogP contribution is -2.41. The van der Waals surface area contributed by atoms with Crippen molar-refractivity contribution in [2.45, 2.75) is 45.7 Å². The summed E-state index contributed by atoms with van der Waals surface area (Å²) in [4.78, 5) is 24.0. The fourth-order valence-corrected chi connectivity index (χ4v) is 4.21. The first-order chi connectivity index (χ1) is 18.0. The molecule has 0 unspecified atom stereocenters. The number of ether oxygens (including phenoxy) is 2. The van der Waals surface area contributed by atoms with Crippen LogP contribution in [0.4, 0.5) is 18.9 Å². The Hall–Kier alpha value is -3.86. The number of nitrogens with two attached hydrogens (primary N) is 1. The third-order valence-corrected chi connectivity index (χ3v) is 6.48. The van der Waals surface area contributed by atoms with E-state index in [1.807, 2.05) is 6.92 Å². The minimum Gasteiger partial charge on any atom is -0.482 e. The molecule has 1 aliphatic rings. The molecule has 2 atom stereocenters. The summed E-state index contributed by atoms with van der Waals surface area (Å²) < 4.78 is 55.3. The summed E-state index contributed by atoms with van der Waals surface area (Å²) in [6.45, 7) is 3.06. The number of alkyl halides is 2. The highest BCUT2D eigenvalue weighted by molar-refractivity contribution is 5.97. The molecule has 2 aromatic carbocycles. The van der Waals surface area contributed by atoms with Gasteiger partial charge in [0, 0.05) is 11.1 Å². The number of esters is 1. The van der Waals surface area contributed by atoms with E-state index in [2.05, 4.69) is 10.4 Å². The van der Waals surface area contributed by atoms with Crippen molar-refractivity contribution in [2.24, 2.45) is 11.7 Å². The molecule has 0 saturated carbocycles. The van der Waals surface area contributed by atoms with Gasteiger partial charge in [0.2, 0.25) is 0 Å². The molecule has 202 valence electrons. The smallest absolute Gasteiger partial charge is 0.323 e. The van der Waals surface area contributed by atoms with Gasteiger partial charge < -0.3 is 20.5 Å². The van der Waals surface area contributed by atoms with E-state index >= 15 is 8.78 Å². The number of halogens is 3. The summed E-state index contributed by atoms with van der Waals surface area (Å²) in [5.74, 6) is -4.92. The number of rotatable bonds is 9. The van der Waals surface area contributed by atoms with Crippen LogP contribution in [0.5, 0.6) is 5.75 Å². The van der Waals surface area contributed by atoms with E-state index in [0.717, 1.165) is 4.68 Å². The number of nitrogens with one attached hydrogen (secondary N) is 1. The fraction of sp³-hybridized carbons (Fsp3) is 0.370. The van der Waals surface area contributed by atoms with Gasteiger partial charge in [-0.05, 0) is 54.8 Å². The van der Waals surface area contributed by atoms with Gasteiger partial charge in [0.25, 0.3) is 5.91 Å². The molecule has 3 N–H and O–H groups in total. The SMILES string of the molecule is CC[C@H](C)[C@H](N)C(=O)OCC(F)(F)Cn1nc(C)c(-c2ccc3c(c2)NC(=O)CO3)c1-c1ccc(F)cc1. The maximum Gasteiger partial charge on any atom is 0.323 e. The summed E-state index contributed by atoms with van der Waals surface area (Å²) in [6, 6.07) is 9.46. The van der Waals surface area contributed by atoms with Crippen molar-refractivity contribution >= 4 is 17.6 Å². The van der Waals surface area contributed by atoms with E-state index in [-0.39, 0.29) is 18.4 Å². The second kappa shape index (κ2) is 10.9. The molecule has 2 heterocycles. The van der Waals surface area contributed by atoms with Gasteiger partial charge in [-0.1, -0.05) is 26.3 Å². The van der Waals surface area contributed by atoms with E-state index in [1.165, 1.54) is 24.3 Å². The molecule has 3 aromatic rings. The van der Waals surface area contributed by atoms with E-state index in [1.54, 1.807) is 32.0 Å². The molecule has 0 spiro atoms. The Morgan fingerprint density at radius 2 is 1.92 bits per heavy atom. The van der Waals surface area contributed by atoms with Crippen LogP contribution in [-0.2, 0) is 20.9 Å². The molecule has 1 amide bonds. The second-order valence-electron chi connectivity index (χ2n) is 9.40.